The van der Waals surface area contributed by atoms with E-state index in [1.165, 1.54) is 0 Å². The van der Waals surface area contributed by atoms with E-state index < -0.39 is 5.60 Å². The van der Waals surface area contributed by atoms with E-state index in [9.17, 15) is 4.79 Å². The lowest BCUT2D eigenvalue weighted by molar-refractivity contribution is 0.0135. The van der Waals surface area contributed by atoms with Crippen LogP contribution in [0.3, 0.4) is 0 Å². The summed E-state index contributed by atoms with van der Waals surface area (Å²) in [6.07, 6.45) is 4.72. The van der Waals surface area contributed by atoms with Gasteiger partial charge in [0.2, 0.25) is 0 Å². The normalized spacial score (nSPS) is 18.7. The van der Waals surface area contributed by atoms with E-state index in [1.807, 2.05) is 43.9 Å². The summed E-state index contributed by atoms with van der Waals surface area (Å²) in [5, 5.41) is 0. The van der Waals surface area contributed by atoms with Crippen LogP contribution in [0.1, 0.15) is 45.7 Å². The van der Waals surface area contributed by atoms with Crippen molar-refractivity contribution in [3.8, 4) is 0 Å². The van der Waals surface area contributed by atoms with Crippen LogP contribution in [0.2, 0.25) is 0 Å². The molecule has 0 N–H and O–H groups in total. The highest BCUT2D eigenvalue weighted by molar-refractivity contribution is 5.68. The van der Waals surface area contributed by atoms with Crippen LogP contribution in [-0.4, -0.2) is 41.3 Å². The molecular formula is C18H28N2O3. The molecule has 5 heteroatoms. The minimum Gasteiger partial charge on any atom is -0.444 e. The monoisotopic (exact) mass is 320 g/mol. The first-order chi connectivity index (χ1) is 10.9. The van der Waals surface area contributed by atoms with Crippen molar-refractivity contribution in [2.45, 2.75) is 52.2 Å². The van der Waals surface area contributed by atoms with Gasteiger partial charge in [0, 0.05) is 25.9 Å². The smallest absolute Gasteiger partial charge is 0.410 e. The zero-order valence-corrected chi connectivity index (χ0v) is 14.5. The number of carbonyl (C=O) groups excluding carboxylic acids is 1. The van der Waals surface area contributed by atoms with Crippen LogP contribution in [0.15, 0.2) is 24.4 Å². The Morgan fingerprint density at radius 2 is 2.22 bits per heavy atom. The summed E-state index contributed by atoms with van der Waals surface area (Å²) in [5.74, 6) is 0.486. The zero-order chi connectivity index (χ0) is 16.7. The van der Waals surface area contributed by atoms with Gasteiger partial charge < -0.3 is 14.4 Å². The topological polar surface area (TPSA) is 51.7 Å². The predicted molar refractivity (Wildman–Crippen MR) is 89.0 cm³/mol. The lowest BCUT2D eigenvalue weighted by Crippen LogP contribution is -2.43. The van der Waals surface area contributed by atoms with E-state index in [1.54, 1.807) is 6.20 Å². The van der Waals surface area contributed by atoms with E-state index in [2.05, 4.69) is 4.98 Å². The van der Waals surface area contributed by atoms with E-state index in [-0.39, 0.29) is 6.09 Å². The van der Waals surface area contributed by atoms with Gasteiger partial charge in [0.1, 0.15) is 5.60 Å². The second kappa shape index (κ2) is 8.29. The van der Waals surface area contributed by atoms with Crippen molar-refractivity contribution in [2.24, 2.45) is 5.92 Å². The van der Waals surface area contributed by atoms with Crippen LogP contribution in [0.4, 0.5) is 4.79 Å². The quantitative estimate of drug-likeness (QED) is 0.777. The van der Waals surface area contributed by atoms with Crippen molar-refractivity contribution >= 4 is 6.09 Å². The Morgan fingerprint density at radius 3 is 2.91 bits per heavy atom. The summed E-state index contributed by atoms with van der Waals surface area (Å²) in [6.45, 7) is 8.50. The number of ether oxygens (including phenoxy) is 2. The maximum atomic E-state index is 12.1. The molecule has 0 bridgehead atoms. The molecule has 1 aliphatic rings. The van der Waals surface area contributed by atoms with Crippen LogP contribution in [0.5, 0.6) is 0 Å². The third-order valence-electron chi connectivity index (χ3n) is 3.82. The van der Waals surface area contributed by atoms with Gasteiger partial charge in [-0.25, -0.2) is 4.79 Å². The van der Waals surface area contributed by atoms with Gasteiger partial charge in [-0.15, -0.1) is 0 Å². The Morgan fingerprint density at radius 1 is 1.39 bits per heavy atom. The molecule has 0 saturated carbocycles. The first kappa shape index (κ1) is 17.7. The molecule has 5 nitrogen and oxygen atoms in total. The molecule has 0 aromatic carbocycles. The molecule has 128 valence electrons. The van der Waals surface area contributed by atoms with Gasteiger partial charge >= 0.3 is 6.09 Å². The number of aromatic nitrogens is 1. The molecule has 1 atom stereocenters. The van der Waals surface area contributed by atoms with Crippen LogP contribution < -0.4 is 0 Å². The lowest BCUT2D eigenvalue weighted by Gasteiger charge is -2.34. The van der Waals surface area contributed by atoms with Crippen molar-refractivity contribution < 1.29 is 14.3 Å². The summed E-state index contributed by atoms with van der Waals surface area (Å²) in [4.78, 5) is 18.2. The molecule has 2 heterocycles. The fraction of sp³-hybridized carbons (Fsp3) is 0.667. The third-order valence-corrected chi connectivity index (χ3v) is 3.82. The molecule has 0 aliphatic carbocycles. The largest absolute Gasteiger partial charge is 0.444 e. The summed E-state index contributed by atoms with van der Waals surface area (Å²) < 4.78 is 11.2. The lowest BCUT2D eigenvalue weighted by atomic mass is 9.95. The number of pyridine rings is 1. The van der Waals surface area contributed by atoms with Gasteiger partial charge in [-0.05, 0) is 58.1 Å². The molecule has 1 fully saturated rings. The number of piperidine rings is 1. The highest BCUT2D eigenvalue weighted by atomic mass is 16.6. The fourth-order valence-corrected chi connectivity index (χ4v) is 2.70. The number of rotatable bonds is 5. The van der Waals surface area contributed by atoms with Crippen LogP contribution >= 0.6 is 0 Å². The molecule has 0 radical (unpaired) electrons. The van der Waals surface area contributed by atoms with Crippen LogP contribution in [-0.2, 0) is 16.1 Å². The SMILES string of the molecule is CC(C)(C)OC(=O)N1CCC[C@H](CCOCc2ccccn2)C1. The zero-order valence-electron chi connectivity index (χ0n) is 14.5. The molecule has 0 spiro atoms. The second-order valence-corrected chi connectivity index (χ2v) is 7.10. The predicted octanol–water partition coefficient (Wildman–Crippen LogP) is 3.64. The summed E-state index contributed by atoms with van der Waals surface area (Å²) in [5.41, 5.74) is 0.516. The number of hydrogen-bond donors (Lipinski definition) is 0. The maximum absolute atomic E-state index is 12.1. The maximum Gasteiger partial charge on any atom is 0.410 e. The van der Waals surface area contributed by atoms with Gasteiger partial charge in [0.25, 0.3) is 0 Å². The number of likely N-dealkylation sites (tertiary alicyclic amines) is 1. The van der Waals surface area contributed by atoms with E-state index in [4.69, 9.17) is 9.47 Å². The Bertz CT molecular complexity index is 485. The average molecular weight is 320 g/mol. The van der Waals surface area contributed by atoms with Crippen LogP contribution in [0.25, 0.3) is 0 Å². The first-order valence-corrected chi connectivity index (χ1v) is 8.39. The second-order valence-electron chi connectivity index (χ2n) is 7.10. The molecule has 2 rings (SSSR count). The Balaban J connectivity index is 1.68. The van der Waals surface area contributed by atoms with Crippen LogP contribution in [0, 0.1) is 5.92 Å². The molecule has 1 saturated heterocycles. The van der Waals surface area contributed by atoms with Gasteiger partial charge in [0.15, 0.2) is 0 Å². The Labute approximate surface area is 139 Å². The summed E-state index contributed by atoms with van der Waals surface area (Å²) in [6, 6.07) is 5.83. The van der Waals surface area contributed by atoms with E-state index >= 15 is 0 Å². The standard InChI is InChI=1S/C18H28N2O3/c1-18(2,3)23-17(21)20-11-6-7-15(13-20)9-12-22-14-16-8-4-5-10-19-16/h4-5,8,10,15H,6-7,9,11-14H2,1-3H3/t15-/m1/s1. The van der Waals surface area contributed by atoms with Crippen molar-refractivity contribution in [1.29, 1.82) is 0 Å². The number of nitrogens with zero attached hydrogens (tertiary/aromatic N) is 2. The number of amides is 1. The van der Waals surface area contributed by atoms with Crippen molar-refractivity contribution in [3.05, 3.63) is 30.1 Å². The molecule has 1 aliphatic heterocycles. The number of hydrogen-bond acceptors (Lipinski definition) is 4. The molecular weight excluding hydrogens is 292 g/mol. The molecule has 1 amide bonds. The molecule has 1 aromatic heterocycles. The third kappa shape index (κ3) is 6.57. The highest BCUT2D eigenvalue weighted by Gasteiger charge is 2.27. The average Bonchev–Trinajstić information content (AvgIpc) is 2.51. The molecule has 0 unspecified atom stereocenters. The van der Waals surface area contributed by atoms with Crippen molar-refractivity contribution in [3.63, 3.8) is 0 Å². The van der Waals surface area contributed by atoms with Gasteiger partial charge in [-0.1, -0.05) is 6.07 Å². The summed E-state index contributed by atoms with van der Waals surface area (Å²) >= 11 is 0. The molecule has 1 aromatic rings. The minimum atomic E-state index is -0.435. The van der Waals surface area contributed by atoms with Crippen molar-refractivity contribution in [2.75, 3.05) is 19.7 Å². The molecule has 23 heavy (non-hydrogen) atoms. The van der Waals surface area contributed by atoms with Gasteiger partial charge in [-0.2, -0.15) is 0 Å². The minimum absolute atomic E-state index is 0.198. The van der Waals surface area contributed by atoms with Gasteiger partial charge in [0.05, 0.1) is 12.3 Å². The Kier molecular flexibility index (Phi) is 6.39. The summed E-state index contributed by atoms with van der Waals surface area (Å²) in [7, 11) is 0. The first-order valence-electron chi connectivity index (χ1n) is 8.39. The van der Waals surface area contributed by atoms with Crippen molar-refractivity contribution in [1.82, 2.24) is 9.88 Å². The Hall–Kier alpha value is -1.62. The van der Waals surface area contributed by atoms with E-state index in [0.717, 1.165) is 38.0 Å². The highest BCUT2D eigenvalue weighted by Crippen LogP contribution is 2.21. The fourth-order valence-electron chi connectivity index (χ4n) is 2.70. The van der Waals surface area contributed by atoms with E-state index in [0.29, 0.717) is 19.1 Å². The number of carbonyl (C=O) groups is 1. The van der Waals surface area contributed by atoms with Gasteiger partial charge in [-0.3, -0.25) is 4.98 Å².